The van der Waals surface area contributed by atoms with Crippen molar-refractivity contribution in [1.82, 2.24) is 0 Å². The lowest BCUT2D eigenvalue weighted by molar-refractivity contribution is 0.224. The molecule has 122 valence electrons. The van der Waals surface area contributed by atoms with Gasteiger partial charge in [-0.25, -0.2) is 4.21 Å². The van der Waals surface area contributed by atoms with Gasteiger partial charge in [0, 0.05) is 9.80 Å². The Bertz CT molecular complexity index is 700. The van der Waals surface area contributed by atoms with Crippen molar-refractivity contribution in [3.05, 3.63) is 76.3 Å². The summed E-state index contributed by atoms with van der Waals surface area (Å²) in [5, 5.41) is 10.8. The number of hydrogen-bond acceptors (Lipinski definition) is 2. The van der Waals surface area contributed by atoms with Gasteiger partial charge in [-0.1, -0.05) is 73.4 Å². The Labute approximate surface area is 142 Å². The maximum atomic E-state index is 13.1. The highest BCUT2D eigenvalue weighted by atomic mass is 32.2. The zero-order valence-electron chi connectivity index (χ0n) is 14.1. The highest BCUT2D eigenvalue weighted by Crippen LogP contribution is 2.29. The van der Waals surface area contributed by atoms with Gasteiger partial charge in [-0.05, 0) is 24.6 Å². The average molecular weight is 345 g/mol. The van der Waals surface area contributed by atoms with E-state index in [-0.39, 0.29) is 0 Å². The van der Waals surface area contributed by atoms with Crippen molar-refractivity contribution in [2.45, 2.75) is 37.6 Å². The van der Waals surface area contributed by atoms with Crippen LogP contribution in [-0.2, 0) is 10.8 Å². The minimum Gasteiger partial charge on any atom is -0.383 e. The number of benzene rings is 2. The zero-order valence-corrected chi connectivity index (χ0v) is 15.9. The first-order valence-electron chi connectivity index (χ1n) is 7.72. The molecule has 4 heteroatoms. The molecule has 1 N–H and O–H groups in total. The summed E-state index contributed by atoms with van der Waals surface area (Å²) in [4.78, 5) is 1.33. The maximum Gasteiger partial charge on any atom is 0.112 e. The van der Waals surface area contributed by atoms with Crippen LogP contribution in [0.1, 0.15) is 17.2 Å². The molecule has 2 aromatic rings. The van der Waals surface area contributed by atoms with Gasteiger partial charge in [0.25, 0.3) is 0 Å². The van der Waals surface area contributed by atoms with E-state index in [1.54, 1.807) is 0 Å². The first-order valence-corrected chi connectivity index (χ1v) is 12.4. The second-order valence-corrected chi connectivity index (χ2v) is 13.3. The van der Waals surface area contributed by atoms with E-state index in [2.05, 4.69) is 25.3 Å². The minimum absolute atomic E-state index is 0.596. The van der Waals surface area contributed by atoms with Crippen molar-refractivity contribution < 1.29 is 9.32 Å². The Hall–Kier alpha value is -1.49. The lowest BCUT2D eigenvalue weighted by Gasteiger charge is -2.19. The molecular formula is C19H24O2SSi. The minimum atomic E-state index is -1.64. The molecule has 2 nitrogen and oxygen atoms in total. The quantitative estimate of drug-likeness (QED) is 0.805. The largest absolute Gasteiger partial charge is 0.383 e. The van der Waals surface area contributed by atoms with E-state index in [9.17, 15) is 9.32 Å². The van der Waals surface area contributed by atoms with Crippen molar-refractivity contribution in [1.29, 1.82) is 0 Å². The SMILES string of the molecule is Cc1ccc([S@@](=O)/C(=C/[Si](C)(C)C)[C@H](O)c2ccccc2)cc1. The summed E-state index contributed by atoms with van der Waals surface area (Å²) in [7, 11) is -3.00. The third-order valence-corrected chi connectivity index (χ3v) is 6.27. The lowest BCUT2D eigenvalue weighted by Crippen LogP contribution is -2.20. The van der Waals surface area contributed by atoms with Crippen LogP contribution in [0, 0.1) is 6.92 Å². The second-order valence-electron chi connectivity index (χ2n) is 6.81. The second kappa shape index (κ2) is 7.38. The van der Waals surface area contributed by atoms with E-state index in [1.165, 1.54) is 0 Å². The van der Waals surface area contributed by atoms with Crippen LogP contribution in [0.3, 0.4) is 0 Å². The van der Waals surface area contributed by atoms with E-state index >= 15 is 0 Å². The molecule has 0 aliphatic carbocycles. The third-order valence-electron chi connectivity index (χ3n) is 3.41. The number of hydrogen-bond donors (Lipinski definition) is 1. The molecule has 0 spiro atoms. The molecule has 0 amide bonds. The van der Waals surface area contributed by atoms with Crippen LogP contribution in [0.2, 0.25) is 19.6 Å². The van der Waals surface area contributed by atoms with Gasteiger partial charge >= 0.3 is 0 Å². The summed E-state index contributed by atoms with van der Waals surface area (Å²) in [6, 6.07) is 17.1. The molecule has 0 aliphatic rings. The molecule has 0 bridgehead atoms. The predicted molar refractivity (Wildman–Crippen MR) is 100 cm³/mol. The Morgan fingerprint density at radius 2 is 1.61 bits per heavy atom. The van der Waals surface area contributed by atoms with E-state index in [1.807, 2.05) is 61.5 Å². The Balaban J connectivity index is 2.44. The van der Waals surface area contributed by atoms with Gasteiger partial charge in [-0.2, -0.15) is 0 Å². The van der Waals surface area contributed by atoms with Crippen LogP contribution >= 0.6 is 0 Å². The molecular weight excluding hydrogens is 320 g/mol. The predicted octanol–water partition coefficient (Wildman–Crippen LogP) is 4.60. The third kappa shape index (κ3) is 4.99. The Morgan fingerprint density at radius 1 is 1.04 bits per heavy atom. The molecule has 0 unspecified atom stereocenters. The van der Waals surface area contributed by atoms with Gasteiger partial charge in [0.2, 0.25) is 0 Å². The first kappa shape index (κ1) is 17.9. The van der Waals surface area contributed by atoms with Gasteiger partial charge < -0.3 is 5.11 Å². The molecule has 0 heterocycles. The number of aliphatic hydroxyl groups excluding tert-OH is 1. The summed E-state index contributed by atoms with van der Waals surface area (Å²) in [5.74, 6) is 0. The highest BCUT2D eigenvalue weighted by Gasteiger charge is 2.24. The monoisotopic (exact) mass is 344 g/mol. The summed E-state index contributed by atoms with van der Waals surface area (Å²) in [6.45, 7) is 8.54. The molecule has 2 aromatic carbocycles. The van der Waals surface area contributed by atoms with Crippen molar-refractivity contribution in [3.63, 3.8) is 0 Å². The van der Waals surface area contributed by atoms with Crippen molar-refractivity contribution in [2.75, 3.05) is 0 Å². The maximum absolute atomic E-state index is 13.1. The smallest absolute Gasteiger partial charge is 0.112 e. The molecule has 0 aromatic heterocycles. The van der Waals surface area contributed by atoms with E-state index in [0.717, 1.165) is 16.0 Å². The summed E-state index contributed by atoms with van der Waals surface area (Å²) in [6.07, 6.45) is -0.843. The average Bonchev–Trinajstić information content (AvgIpc) is 2.52. The highest BCUT2D eigenvalue weighted by molar-refractivity contribution is 7.89. The molecule has 2 rings (SSSR count). The molecule has 0 saturated carbocycles. The number of rotatable bonds is 5. The zero-order chi connectivity index (χ0) is 17.0. The van der Waals surface area contributed by atoms with Gasteiger partial charge in [-0.3, -0.25) is 0 Å². The lowest BCUT2D eigenvalue weighted by atomic mass is 10.1. The van der Waals surface area contributed by atoms with Crippen molar-refractivity contribution in [2.24, 2.45) is 0 Å². The van der Waals surface area contributed by atoms with Crippen LogP contribution < -0.4 is 0 Å². The topological polar surface area (TPSA) is 37.3 Å². The standard InChI is InChI=1S/C19H24O2SSi/c1-15-10-12-17(13-11-15)22(21)18(14-23(2,3)4)19(20)16-8-6-5-7-9-16/h5-14,19-20H,1-4H3/b18-14+/t19-,22-/m1/s1. The molecule has 2 atom stereocenters. The van der Waals surface area contributed by atoms with Crippen LogP contribution in [0.4, 0.5) is 0 Å². The fourth-order valence-electron chi connectivity index (χ4n) is 2.26. The molecule has 0 fully saturated rings. The first-order chi connectivity index (χ1) is 10.8. The normalized spacial score (nSPS) is 15.3. The summed E-state index contributed by atoms with van der Waals surface area (Å²) in [5.41, 5.74) is 3.96. The van der Waals surface area contributed by atoms with Crippen LogP contribution in [0.15, 0.2) is 70.1 Å². The Kier molecular flexibility index (Phi) is 5.73. The number of aryl methyl sites for hydroxylation is 1. The fraction of sp³-hybridized carbons (Fsp3) is 0.263. The van der Waals surface area contributed by atoms with E-state index in [4.69, 9.17) is 0 Å². The van der Waals surface area contributed by atoms with Crippen molar-refractivity contribution in [3.8, 4) is 0 Å². The van der Waals surface area contributed by atoms with E-state index < -0.39 is 25.0 Å². The van der Waals surface area contributed by atoms with Gasteiger partial charge in [0.05, 0.1) is 18.9 Å². The molecule has 0 radical (unpaired) electrons. The molecule has 0 aliphatic heterocycles. The van der Waals surface area contributed by atoms with Crippen LogP contribution in [0.25, 0.3) is 0 Å². The fourth-order valence-corrected chi connectivity index (χ4v) is 5.75. The van der Waals surface area contributed by atoms with Gasteiger partial charge in [-0.15, -0.1) is 0 Å². The van der Waals surface area contributed by atoms with Crippen LogP contribution in [0.5, 0.6) is 0 Å². The van der Waals surface area contributed by atoms with Crippen molar-refractivity contribution >= 4 is 18.9 Å². The Morgan fingerprint density at radius 3 is 2.13 bits per heavy atom. The molecule has 23 heavy (non-hydrogen) atoms. The number of aliphatic hydroxyl groups is 1. The van der Waals surface area contributed by atoms with Gasteiger partial charge in [0.1, 0.15) is 6.10 Å². The summed E-state index contributed by atoms with van der Waals surface area (Å²) >= 11 is 0. The van der Waals surface area contributed by atoms with Gasteiger partial charge in [0.15, 0.2) is 0 Å². The summed E-state index contributed by atoms with van der Waals surface area (Å²) < 4.78 is 13.1. The molecule has 0 saturated heterocycles. The van der Waals surface area contributed by atoms with E-state index in [0.29, 0.717) is 4.91 Å². The van der Waals surface area contributed by atoms with Crippen LogP contribution in [-0.4, -0.2) is 17.4 Å².